The fourth-order valence-corrected chi connectivity index (χ4v) is 3.23. The number of nitrogens with one attached hydrogen (secondary N) is 3. The molecule has 0 unspecified atom stereocenters. The SMILES string of the molecule is C=C1NC(=O)N[C@H](c2cc3ccc(C)c(C)c3[nH]c2=O)[C@@H]1C(=O)OCC. The minimum atomic E-state index is -0.891. The first-order valence-corrected chi connectivity index (χ1v) is 8.39. The number of ether oxygens (including phenoxy) is 1. The highest BCUT2D eigenvalue weighted by Crippen LogP contribution is 2.30. The quantitative estimate of drug-likeness (QED) is 0.735. The number of aryl methyl sites for hydroxylation is 2. The highest BCUT2D eigenvalue weighted by atomic mass is 16.5. The maximum atomic E-state index is 12.7. The van der Waals surface area contributed by atoms with E-state index in [-0.39, 0.29) is 23.4 Å². The minimum Gasteiger partial charge on any atom is -0.465 e. The summed E-state index contributed by atoms with van der Waals surface area (Å²) in [6.07, 6.45) is 0. The van der Waals surface area contributed by atoms with Crippen LogP contribution in [0.5, 0.6) is 0 Å². The number of carbonyl (C=O) groups is 2. The molecule has 0 spiro atoms. The number of amides is 2. The van der Waals surface area contributed by atoms with Gasteiger partial charge in [0, 0.05) is 11.3 Å². The van der Waals surface area contributed by atoms with Crippen LogP contribution in [0.3, 0.4) is 0 Å². The Balaban J connectivity index is 2.15. The van der Waals surface area contributed by atoms with E-state index in [0.29, 0.717) is 0 Å². The number of pyridine rings is 1. The lowest BCUT2D eigenvalue weighted by molar-refractivity contribution is -0.147. The molecule has 3 rings (SSSR count). The summed E-state index contributed by atoms with van der Waals surface area (Å²) in [7, 11) is 0. The second-order valence-electron chi connectivity index (χ2n) is 6.36. The van der Waals surface area contributed by atoms with Gasteiger partial charge < -0.3 is 20.4 Å². The molecule has 7 heteroatoms. The van der Waals surface area contributed by atoms with Crippen LogP contribution in [0.4, 0.5) is 4.79 Å². The molecule has 2 heterocycles. The van der Waals surface area contributed by atoms with Gasteiger partial charge in [0.15, 0.2) is 0 Å². The van der Waals surface area contributed by atoms with Crippen molar-refractivity contribution in [3.05, 3.63) is 57.5 Å². The second kappa shape index (κ2) is 6.67. The monoisotopic (exact) mass is 355 g/mol. The van der Waals surface area contributed by atoms with E-state index in [0.717, 1.165) is 22.0 Å². The van der Waals surface area contributed by atoms with Crippen LogP contribution in [0.2, 0.25) is 0 Å². The number of benzene rings is 1. The number of aromatic amines is 1. The number of rotatable bonds is 3. The number of urea groups is 1. The number of esters is 1. The summed E-state index contributed by atoms with van der Waals surface area (Å²) < 4.78 is 5.10. The van der Waals surface area contributed by atoms with E-state index < -0.39 is 24.0 Å². The molecule has 1 fully saturated rings. The molecule has 26 heavy (non-hydrogen) atoms. The summed E-state index contributed by atoms with van der Waals surface area (Å²) in [5, 5.41) is 5.96. The lowest BCUT2D eigenvalue weighted by Gasteiger charge is -2.32. The van der Waals surface area contributed by atoms with E-state index in [2.05, 4.69) is 22.2 Å². The van der Waals surface area contributed by atoms with Gasteiger partial charge in [0.05, 0.1) is 18.2 Å². The number of hydrogen-bond donors (Lipinski definition) is 3. The van der Waals surface area contributed by atoms with Crippen LogP contribution in [0.25, 0.3) is 10.9 Å². The zero-order valence-electron chi connectivity index (χ0n) is 14.9. The molecule has 0 bridgehead atoms. The summed E-state index contributed by atoms with van der Waals surface area (Å²) in [5.74, 6) is -1.44. The number of H-pyrrole nitrogens is 1. The zero-order chi connectivity index (χ0) is 19.0. The van der Waals surface area contributed by atoms with E-state index in [1.807, 2.05) is 26.0 Å². The molecule has 1 saturated heterocycles. The topological polar surface area (TPSA) is 100 Å². The molecule has 1 aromatic heterocycles. The normalized spacial score (nSPS) is 19.8. The fraction of sp³-hybridized carbons (Fsp3) is 0.316. The van der Waals surface area contributed by atoms with Gasteiger partial charge >= 0.3 is 12.0 Å². The Labute approximate surface area is 150 Å². The Morgan fingerprint density at radius 3 is 2.69 bits per heavy atom. The molecule has 2 atom stereocenters. The average Bonchev–Trinajstić information content (AvgIpc) is 2.57. The number of fused-ring (bicyclic) bond motifs is 1. The zero-order valence-corrected chi connectivity index (χ0v) is 14.9. The molecular weight excluding hydrogens is 334 g/mol. The molecule has 0 radical (unpaired) electrons. The van der Waals surface area contributed by atoms with Crippen LogP contribution < -0.4 is 16.2 Å². The molecule has 136 valence electrons. The molecule has 1 aromatic carbocycles. The van der Waals surface area contributed by atoms with Crippen LogP contribution in [0, 0.1) is 19.8 Å². The van der Waals surface area contributed by atoms with E-state index in [4.69, 9.17) is 4.74 Å². The Morgan fingerprint density at radius 2 is 2.00 bits per heavy atom. The number of aromatic nitrogens is 1. The van der Waals surface area contributed by atoms with Gasteiger partial charge in [-0.2, -0.15) is 0 Å². The van der Waals surface area contributed by atoms with Crippen molar-refractivity contribution in [1.29, 1.82) is 0 Å². The summed E-state index contributed by atoms with van der Waals surface area (Å²) in [6, 6.07) is 4.19. The minimum absolute atomic E-state index is 0.190. The van der Waals surface area contributed by atoms with Crippen molar-refractivity contribution >= 4 is 22.9 Å². The lowest BCUT2D eigenvalue weighted by atomic mass is 9.89. The summed E-state index contributed by atoms with van der Waals surface area (Å²) in [4.78, 5) is 39.9. The Morgan fingerprint density at radius 1 is 1.27 bits per heavy atom. The van der Waals surface area contributed by atoms with Gasteiger partial charge in [-0.3, -0.25) is 9.59 Å². The van der Waals surface area contributed by atoms with Gasteiger partial charge in [-0.1, -0.05) is 18.7 Å². The molecular formula is C19H21N3O4. The lowest BCUT2D eigenvalue weighted by Crippen LogP contribution is -2.52. The summed E-state index contributed by atoms with van der Waals surface area (Å²) >= 11 is 0. The molecule has 3 N–H and O–H groups in total. The van der Waals surface area contributed by atoms with Crippen LogP contribution in [-0.4, -0.2) is 23.6 Å². The first kappa shape index (κ1) is 17.7. The molecule has 1 aliphatic heterocycles. The third-order valence-corrected chi connectivity index (χ3v) is 4.72. The first-order chi connectivity index (χ1) is 12.3. The van der Waals surface area contributed by atoms with Crippen molar-refractivity contribution in [1.82, 2.24) is 15.6 Å². The van der Waals surface area contributed by atoms with E-state index >= 15 is 0 Å². The van der Waals surface area contributed by atoms with Gasteiger partial charge in [-0.15, -0.1) is 0 Å². The third-order valence-electron chi connectivity index (χ3n) is 4.72. The summed E-state index contributed by atoms with van der Waals surface area (Å²) in [6.45, 7) is 9.54. The van der Waals surface area contributed by atoms with Gasteiger partial charge in [0.25, 0.3) is 5.56 Å². The standard InChI is InChI=1S/C19H21N3O4/c1-5-26-18(24)14-11(4)20-19(25)22-16(14)13-8-12-7-6-9(2)10(3)15(12)21-17(13)23/h6-8,14,16H,4-5H2,1-3H3,(H,21,23)(H2,20,22,25)/t14-,16-/m1/s1. The number of hydrogen-bond acceptors (Lipinski definition) is 4. The molecule has 2 aromatic rings. The largest absolute Gasteiger partial charge is 0.465 e. The van der Waals surface area contributed by atoms with Crippen molar-refractivity contribution in [2.45, 2.75) is 26.8 Å². The van der Waals surface area contributed by atoms with Crippen molar-refractivity contribution in [2.24, 2.45) is 5.92 Å². The van der Waals surface area contributed by atoms with Gasteiger partial charge in [0.1, 0.15) is 5.92 Å². The van der Waals surface area contributed by atoms with Crippen LogP contribution in [0.1, 0.15) is 29.7 Å². The van der Waals surface area contributed by atoms with Crippen molar-refractivity contribution in [3.63, 3.8) is 0 Å². The molecule has 1 aliphatic rings. The highest BCUT2D eigenvalue weighted by molar-refractivity contribution is 5.87. The van der Waals surface area contributed by atoms with Gasteiger partial charge in [0.2, 0.25) is 0 Å². The Hall–Kier alpha value is -3.09. The van der Waals surface area contributed by atoms with Gasteiger partial charge in [-0.25, -0.2) is 4.79 Å². The van der Waals surface area contributed by atoms with Crippen molar-refractivity contribution in [2.75, 3.05) is 6.61 Å². The predicted molar refractivity (Wildman–Crippen MR) is 97.7 cm³/mol. The maximum absolute atomic E-state index is 12.7. The highest BCUT2D eigenvalue weighted by Gasteiger charge is 2.40. The smallest absolute Gasteiger partial charge is 0.319 e. The number of carbonyl (C=O) groups excluding carboxylic acids is 2. The molecule has 2 amide bonds. The molecule has 0 saturated carbocycles. The van der Waals surface area contributed by atoms with Crippen LogP contribution in [0.15, 0.2) is 35.3 Å². The van der Waals surface area contributed by atoms with Crippen molar-refractivity contribution < 1.29 is 14.3 Å². The Kier molecular flexibility index (Phi) is 4.54. The summed E-state index contributed by atoms with van der Waals surface area (Å²) in [5.41, 5.74) is 2.92. The molecule has 7 nitrogen and oxygen atoms in total. The molecule has 0 aliphatic carbocycles. The van der Waals surface area contributed by atoms with E-state index in [1.54, 1.807) is 13.0 Å². The average molecular weight is 355 g/mol. The van der Waals surface area contributed by atoms with Crippen LogP contribution >= 0.6 is 0 Å². The predicted octanol–water partition coefficient (Wildman–Crippen LogP) is 2.19. The third kappa shape index (κ3) is 2.96. The Bertz CT molecular complexity index is 977. The van der Waals surface area contributed by atoms with Crippen LogP contribution in [-0.2, 0) is 9.53 Å². The van der Waals surface area contributed by atoms with E-state index in [1.165, 1.54) is 0 Å². The fourth-order valence-electron chi connectivity index (χ4n) is 3.23. The maximum Gasteiger partial charge on any atom is 0.319 e. The van der Waals surface area contributed by atoms with E-state index in [9.17, 15) is 14.4 Å². The van der Waals surface area contributed by atoms with Gasteiger partial charge in [-0.05, 0) is 43.4 Å². The van der Waals surface area contributed by atoms with Crippen molar-refractivity contribution in [3.8, 4) is 0 Å². The first-order valence-electron chi connectivity index (χ1n) is 8.39. The second-order valence-corrected chi connectivity index (χ2v) is 6.36.